The number of hydrogen-bond acceptors (Lipinski definition) is 3. The van der Waals surface area contributed by atoms with Crippen molar-refractivity contribution in [2.75, 3.05) is 0 Å². The number of aliphatic carboxylic acids is 1. The smallest absolute Gasteiger partial charge is 0.408 e. The van der Waals surface area contributed by atoms with Crippen molar-refractivity contribution in [1.29, 1.82) is 0 Å². The molecule has 5 heteroatoms. The highest BCUT2D eigenvalue weighted by molar-refractivity contribution is 5.80. The molecule has 1 saturated carbocycles. The molecule has 0 radical (unpaired) electrons. The summed E-state index contributed by atoms with van der Waals surface area (Å²) in [6, 6.07) is -0.845. The highest BCUT2D eigenvalue weighted by atomic mass is 16.6. The maximum absolute atomic E-state index is 11.7. The molecule has 1 unspecified atom stereocenters. The molecule has 0 bridgehead atoms. The third-order valence-corrected chi connectivity index (χ3v) is 3.47. The molecule has 2 N–H and O–H groups in total. The molecule has 0 spiro atoms. The van der Waals surface area contributed by atoms with Crippen LogP contribution in [-0.4, -0.2) is 28.8 Å². The highest BCUT2D eigenvalue weighted by Gasteiger charge is 2.33. The first kappa shape index (κ1) is 15.8. The fraction of sp³-hybridized carbons (Fsp3) is 0.857. The Morgan fingerprint density at radius 1 is 1.21 bits per heavy atom. The quantitative estimate of drug-likeness (QED) is 0.827. The largest absolute Gasteiger partial charge is 0.480 e. The fourth-order valence-corrected chi connectivity index (χ4v) is 2.43. The zero-order valence-corrected chi connectivity index (χ0v) is 12.2. The monoisotopic (exact) mass is 271 g/mol. The number of ether oxygens (including phenoxy) is 1. The van der Waals surface area contributed by atoms with E-state index in [1.165, 1.54) is 0 Å². The van der Waals surface area contributed by atoms with E-state index in [4.69, 9.17) is 4.74 Å². The standard InChI is InChI=1S/C14H25NO4/c1-9-5-7-10(8-6-9)11(12(16)17)15-13(18)19-14(2,3)4/h9-11H,5-8H2,1-4H3,(H,15,18)(H,16,17)/t9-,10-,11?. The zero-order chi connectivity index (χ0) is 14.6. The van der Waals surface area contributed by atoms with Crippen LogP contribution in [0.3, 0.4) is 0 Å². The number of hydrogen-bond donors (Lipinski definition) is 2. The van der Waals surface area contributed by atoms with Crippen LogP contribution in [0.5, 0.6) is 0 Å². The van der Waals surface area contributed by atoms with Gasteiger partial charge in [0, 0.05) is 0 Å². The van der Waals surface area contributed by atoms with Gasteiger partial charge < -0.3 is 15.2 Å². The minimum absolute atomic E-state index is 0.00113. The van der Waals surface area contributed by atoms with Crippen molar-refractivity contribution in [2.45, 2.75) is 65.0 Å². The molecule has 1 atom stereocenters. The Bertz CT molecular complexity index is 327. The molecule has 0 aliphatic heterocycles. The van der Waals surface area contributed by atoms with Crippen LogP contribution in [0.15, 0.2) is 0 Å². The second kappa shape index (κ2) is 6.26. The van der Waals surface area contributed by atoms with Crippen molar-refractivity contribution in [3.63, 3.8) is 0 Å². The van der Waals surface area contributed by atoms with Crippen LogP contribution in [0.2, 0.25) is 0 Å². The van der Waals surface area contributed by atoms with Gasteiger partial charge in [-0.05, 0) is 45.4 Å². The average Bonchev–Trinajstić information content (AvgIpc) is 2.24. The van der Waals surface area contributed by atoms with Crippen molar-refractivity contribution in [1.82, 2.24) is 5.32 Å². The molecule has 19 heavy (non-hydrogen) atoms. The SMILES string of the molecule is CC(C)(C)OC(=O)NC(C(=O)O)[C@H]1CC[C@H](C)CC1. The third kappa shape index (κ3) is 5.49. The molecule has 0 heterocycles. The molecule has 1 fully saturated rings. The molecule has 0 aromatic carbocycles. The summed E-state index contributed by atoms with van der Waals surface area (Å²) < 4.78 is 5.12. The van der Waals surface area contributed by atoms with Gasteiger partial charge in [-0.25, -0.2) is 9.59 Å². The number of rotatable bonds is 3. The predicted molar refractivity (Wildman–Crippen MR) is 71.9 cm³/mol. The molecule has 1 rings (SSSR count). The maximum atomic E-state index is 11.7. The number of carbonyl (C=O) groups excluding carboxylic acids is 1. The number of carbonyl (C=O) groups is 2. The molecule has 5 nitrogen and oxygen atoms in total. The lowest BCUT2D eigenvalue weighted by Gasteiger charge is -2.31. The number of carboxylic acids is 1. The Hall–Kier alpha value is -1.26. The Balaban J connectivity index is 2.58. The Morgan fingerprint density at radius 3 is 2.16 bits per heavy atom. The third-order valence-electron chi connectivity index (χ3n) is 3.47. The van der Waals surface area contributed by atoms with Gasteiger partial charge >= 0.3 is 12.1 Å². The van der Waals surface area contributed by atoms with Crippen LogP contribution in [0.4, 0.5) is 4.79 Å². The first-order valence-electron chi connectivity index (χ1n) is 6.91. The van der Waals surface area contributed by atoms with E-state index >= 15 is 0 Å². The Labute approximate surface area is 114 Å². The Morgan fingerprint density at radius 2 is 1.74 bits per heavy atom. The van der Waals surface area contributed by atoms with Gasteiger partial charge in [-0.1, -0.05) is 19.8 Å². The first-order chi connectivity index (χ1) is 8.69. The summed E-state index contributed by atoms with van der Waals surface area (Å²) in [7, 11) is 0. The highest BCUT2D eigenvalue weighted by Crippen LogP contribution is 2.30. The van der Waals surface area contributed by atoms with E-state index in [1.54, 1.807) is 20.8 Å². The first-order valence-corrected chi connectivity index (χ1v) is 6.91. The van der Waals surface area contributed by atoms with Gasteiger partial charge in [-0.2, -0.15) is 0 Å². The van der Waals surface area contributed by atoms with Crippen molar-refractivity contribution in [3.8, 4) is 0 Å². The lowest BCUT2D eigenvalue weighted by atomic mass is 9.79. The van der Waals surface area contributed by atoms with Gasteiger partial charge in [0.1, 0.15) is 11.6 Å². The molecule has 1 aliphatic carbocycles. The van der Waals surface area contributed by atoms with Crippen LogP contribution >= 0.6 is 0 Å². The summed E-state index contributed by atoms with van der Waals surface area (Å²) in [6.45, 7) is 7.44. The Kier molecular flexibility index (Phi) is 5.20. The maximum Gasteiger partial charge on any atom is 0.408 e. The average molecular weight is 271 g/mol. The normalized spacial score (nSPS) is 25.5. The zero-order valence-electron chi connectivity index (χ0n) is 12.2. The van der Waals surface area contributed by atoms with Crippen molar-refractivity contribution in [2.24, 2.45) is 11.8 Å². The van der Waals surface area contributed by atoms with Crippen molar-refractivity contribution < 1.29 is 19.4 Å². The van der Waals surface area contributed by atoms with E-state index in [0.29, 0.717) is 5.92 Å². The lowest BCUT2D eigenvalue weighted by molar-refractivity contribution is -0.141. The lowest BCUT2D eigenvalue weighted by Crippen LogP contribution is -2.48. The number of alkyl carbamates (subject to hydrolysis) is 1. The minimum atomic E-state index is -0.981. The number of carboxylic acid groups (broad SMARTS) is 1. The second-order valence-corrected chi connectivity index (χ2v) is 6.48. The van der Waals surface area contributed by atoms with E-state index in [2.05, 4.69) is 12.2 Å². The van der Waals surface area contributed by atoms with E-state index < -0.39 is 23.7 Å². The van der Waals surface area contributed by atoms with Crippen LogP contribution in [-0.2, 0) is 9.53 Å². The number of amides is 1. The summed E-state index contributed by atoms with van der Waals surface area (Å²) in [6.07, 6.45) is 3.06. The molecule has 1 amide bonds. The summed E-state index contributed by atoms with van der Waals surface area (Å²) in [4.78, 5) is 23.0. The van der Waals surface area contributed by atoms with E-state index in [0.717, 1.165) is 25.7 Å². The molecular weight excluding hydrogens is 246 g/mol. The fourth-order valence-electron chi connectivity index (χ4n) is 2.43. The van der Waals surface area contributed by atoms with Gasteiger partial charge in [0.25, 0.3) is 0 Å². The number of nitrogens with one attached hydrogen (secondary N) is 1. The van der Waals surface area contributed by atoms with Crippen molar-refractivity contribution >= 4 is 12.1 Å². The van der Waals surface area contributed by atoms with E-state index in [9.17, 15) is 14.7 Å². The topological polar surface area (TPSA) is 75.6 Å². The van der Waals surface area contributed by atoms with Crippen LogP contribution in [0.1, 0.15) is 53.4 Å². The summed E-state index contributed by atoms with van der Waals surface area (Å²) >= 11 is 0. The van der Waals surface area contributed by atoms with Crippen molar-refractivity contribution in [3.05, 3.63) is 0 Å². The summed E-state index contributed by atoms with van der Waals surface area (Å²) in [5.74, 6) is -0.334. The molecular formula is C14H25NO4. The summed E-state index contributed by atoms with van der Waals surface area (Å²) in [5.41, 5.74) is -0.617. The van der Waals surface area contributed by atoms with Gasteiger partial charge in [0.2, 0.25) is 0 Å². The molecule has 0 aromatic heterocycles. The van der Waals surface area contributed by atoms with E-state index in [1.807, 2.05) is 0 Å². The molecule has 110 valence electrons. The van der Waals surface area contributed by atoms with Gasteiger partial charge in [-0.15, -0.1) is 0 Å². The minimum Gasteiger partial charge on any atom is -0.480 e. The molecule has 1 aliphatic rings. The predicted octanol–water partition coefficient (Wildman–Crippen LogP) is 2.79. The molecule has 0 saturated heterocycles. The van der Waals surface area contributed by atoms with E-state index in [-0.39, 0.29) is 5.92 Å². The van der Waals surface area contributed by atoms with Crippen LogP contribution in [0, 0.1) is 11.8 Å². The second-order valence-electron chi connectivity index (χ2n) is 6.48. The van der Waals surface area contributed by atoms with Gasteiger partial charge in [0.15, 0.2) is 0 Å². The van der Waals surface area contributed by atoms with Gasteiger partial charge in [-0.3, -0.25) is 0 Å². The van der Waals surface area contributed by atoms with Crippen LogP contribution in [0.25, 0.3) is 0 Å². The van der Waals surface area contributed by atoms with Crippen LogP contribution < -0.4 is 5.32 Å². The molecule has 0 aromatic rings. The van der Waals surface area contributed by atoms with Gasteiger partial charge in [0.05, 0.1) is 0 Å². The summed E-state index contributed by atoms with van der Waals surface area (Å²) in [5, 5.41) is 11.8.